The van der Waals surface area contributed by atoms with E-state index in [0.29, 0.717) is 54.8 Å². The SMILES string of the molecule is CC(C)(C)OC(=O)N1CC2CC1CN2c1nc(OC[C@@]23CCCN2CC(F)C3)nc2c(F)c(-c3c(F)ccc4oc(N)c(C#N)c34)c3c(c12)COC3. The van der Waals surface area contributed by atoms with Crippen LogP contribution in [0.2, 0.25) is 0 Å². The molecule has 272 valence electrons. The van der Waals surface area contributed by atoms with Crippen molar-refractivity contribution in [3.05, 3.63) is 40.5 Å². The molecule has 2 bridgehead atoms. The van der Waals surface area contributed by atoms with E-state index in [0.717, 1.165) is 25.5 Å². The number of carbonyl (C=O) groups is 1. The molecule has 4 fully saturated rings. The number of carbonyl (C=O) groups excluding carboxylic acids is 1. The molecule has 52 heavy (non-hydrogen) atoms. The van der Waals surface area contributed by atoms with Crippen LogP contribution < -0.4 is 15.4 Å². The van der Waals surface area contributed by atoms with Crippen LogP contribution in [-0.2, 0) is 22.7 Å². The van der Waals surface area contributed by atoms with Crippen LogP contribution in [0.3, 0.4) is 0 Å². The predicted octanol–water partition coefficient (Wildman–Crippen LogP) is 5.96. The lowest BCUT2D eigenvalue weighted by molar-refractivity contribution is 0.0214. The van der Waals surface area contributed by atoms with E-state index >= 15 is 8.78 Å². The molecule has 5 aliphatic heterocycles. The van der Waals surface area contributed by atoms with Gasteiger partial charge in [0.15, 0.2) is 5.82 Å². The summed E-state index contributed by atoms with van der Waals surface area (Å²) in [7, 11) is 0. The number of nitrogens with zero attached hydrogens (tertiary/aromatic N) is 6. The summed E-state index contributed by atoms with van der Waals surface area (Å²) in [5.41, 5.74) is 5.47. The number of rotatable bonds is 5. The van der Waals surface area contributed by atoms with Crippen LogP contribution in [0.4, 0.5) is 29.7 Å². The summed E-state index contributed by atoms with van der Waals surface area (Å²) in [6, 6.07) is 4.06. The van der Waals surface area contributed by atoms with Crippen LogP contribution in [0.25, 0.3) is 33.0 Å². The number of nitrogens with two attached hydrogens (primary N) is 1. The highest BCUT2D eigenvalue weighted by atomic mass is 19.1. The van der Waals surface area contributed by atoms with Gasteiger partial charge in [-0.2, -0.15) is 15.2 Å². The molecule has 2 N–H and O–H groups in total. The number of fused-ring (bicyclic) bond motifs is 7. The summed E-state index contributed by atoms with van der Waals surface area (Å²) in [5, 5.41) is 10.4. The fourth-order valence-corrected chi connectivity index (χ4v) is 9.18. The molecular weight excluding hydrogens is 679 g/mol. The molecule has 3 unspecified atom stereocenters. The zero-order valence-electron chi connectivity index (χ0n) is 29.1. The van der Waals surface area contributed by atoms with Crippen molar-refractivity contribution in [1.82, 2.24) is 19.8 Å². The molecule has 0 spiro atoms. The predicted molar refractivity (Wildman–Crippen MR) is 183 cm³/mol. The van der Waals surface area contributed by atoms with Crippen LogP contribution in [0.15, 0.2) is 16.5 Å². The zero-order valence-corrected chi connectivity index (χ0v) is 29.1. The van der Waals surface area contributed by atoms with E-state index < -0.39 is 35.0 Å². The Morgan fingerprint density at radius 1 is 1.12 bits per heavy atom. The quantitative estimate of drug-likeness (QED) is 0.261. The highest BCUT2D eigenvalue weighted by Gasteiger charge is 2.50. The first-order valence-electron chi connectivity index (χ1n) is 17.7. The summed E-state index contributed by atoms with van der Waals surface area (Å²) in [5.74, 6) is -1.40. The summed E-state index contributed by atoms with van der Waals surface area (Å²) >= 11 is 0. The number of hydrogen-bond donors (Lipinski definition) is 1. The third-order valence-corrected chi connectivity index (χ3v) is 11.3. The largest absolute Gasteiger partial charge is 0.461 e. The van der Waals surface area contributed by atoms with Crippen LogP contribution in [-0.4, -0.2) is 88.0 Å². The molecule has 2 aromatic heterocycles. The number of furan rings is 1. The van der Waals surface area contributed by atoms with Gasteiger partial charge in [0.05, 0.1) is 41.6 Å². The van der Waals surface area contributed by atoms with E-state index in [1.165, 1.54) is 6.07 Å². The Labute approximate surface area is 297 Å². The summed E-state index contributed by atoms with van der Waals surface area (Å²) in [6.07, 6.45) is 1.28. The lowest BCUT2D eigenvalue weighted by atomic mass is 9.90. The number of likely N-dealkylation sites (tertiary alicyclic amines) is 1. The molecular formula is C37H38F3N7O5. The van der Waals surface area contributed by atoms with Crippen molar-refractivity contribution >= 4 is 39.7 Å². The highest BCUT2D eigenvalue weighted by molar-refractivity contribution is 6.05. The second-order valence-corrected chi connectivity index (χ2v) is 15.6. The van der Waals surface area contributed by atoms with Crippen molar-refractivity contribution in [3.63, 3.8) is 0 Å². The number of aromatic nitrogens is 2. The minimum Gasteiger partial charge on any atom is -0.461 e. The average molecular weight is 718 g/mol. The van der Waals surface area contributed by atoms with E-state index in [1.54, 1.807) is 4.90 Å². The third kappa shape index (κ3) is 4.97. The molecule has 5 aliphatic rings. The molecule has 9 rings (SSSR count). The maximum atomic E-state index is 17.5. The molecule has 4 atom stereocenters. The maximum absolute atomic E-state index is 17.5. The fraction of sp³-hybridized carbons (Fsp3) is 0.514. The van der Waals surface area contributed by atoms with Gasteiger partial charge in [0, 0.05) is 37.2 Å². The number of alkyl halides is 1. The van der Waals surface area contributed by atoms with E-state index in [-0.39, 0.29) is 77.0 Å². The van der Waals surface area contributed by atoms with Crippen LogP contribution >= 0.6 is 0 Å². The minimum absolute atomic E-state index is 0.0263. The molecule has 0 aliphatic carbocycles. The lowest BCUT2D eigenvalue weighted by Gasteiger charge is -2.36. The summed E-state index contributed by atoms with van der Waals surface area (Å²) < 4.78 is 71.6. The summed E-state index contributed by atoms with van der Waals surface area (Å²) in [6.45, 7) is 7.53. The van der Waals surface area contributed by atoms with Crippen LogP contribution in [0.5, 0.6) is 6.01 Å². The van der Waals surface area contributed by atoms with Gasteiger partial charge >= 0.3 is 12.1 Å². The number of anilines is 2. The van der Waals surface area contributed by atoms with Gasteiger partial charge in [-0.15, -0.1) is 0 Å². The minimum atomic E-state index is -0.972. The Balaban J connectivity index is 1.20. The number of hydrogen-bond acceptors (Lipinski definition) is 11. The number of halogens is 3. The van der Waals surface area contributed by atoms with Crippen molar-refractivity contribution < 1.29 is 36.6 Å². The van der Waals surface area contributed by atoms with Gasteiger partial charge in [-0.05, 0) is 69.8 Å². The number of nitriles is 1. The van der Waals surface area contributed by atoms with Crippen molar-refractivity contribution in [2.24, 2.45) is 0 Å². The molecule has 7 heterocycles. The molecule has 1 amide bonds. The van der Waals surface area contributed by atoms with Gasteiger partial charge in [-0.25, -0.2) is 18.0 Å². The molecule has 12 nitrogen and oxygen atoms in total. The van der Waals surface area contributed by atoms with Crippen molar-refractivity contribution in [2.75, 3.05) is 43.4 Å². The normalized spacial score (nSPS) is 25.4. The van der Waals surface area contributed by atoms with Crippen molar-refractivity contribution in [2.45, 2.75) is 89.1 Å². The first kappa shape index (κ1) is 33.1. The first-order chi connectivity index (χ1) is 24.9. The molecule has 0 saturated carbocycles. The van der Waals surface area contributed by atoms with Gasteiger partial charge in [0.25, 0.3) is 0 Å². The molecule has 4 saturated heterocycles. The van der Waals surface area contributed by atoms with Gasteiger partial charge in [-0.1, -0.05) is 0 Å². The van der Waals surface area contributed by atoms with Crippen LogP contribution in [0, 0.1) is 23.0 Å². The standard InChI is InChI=1S/C37H38F3N7O5/c1-36(2,3)52-35(48)47-14-19-9-20(47)13-46(19)33-28-23-16-49-15-22(23)27(29-24(39)5-6-25-26(29)21(11-41)32(42)51-25)30(40)31(28)43-34(44-33)50-17-37-7-4-8-45(37)12-18(38)10-37/h5-6,18-20H,4,7-10,12-17,42H2,1-3H3/t18?,19?,20?,37-/m0/s1. The third-order valence-electron chi connectivity index (χ3n) is 11.3. The Morgan fingerprint density at radius 2 is 1.92 bits per heavy atom. The Bertz CT molecular complexity index is 2220. The van der Waals surface area contributed by atoms with Gasteiger partial charge in [-0.3, -0.25) is 4.90 Å². The molecule has 2 aromatic carbocycles. The highest BCUT2D eigenvalue weighted by Crippen LogP contribution is 2.48. The Hall–Kier alpha value is -4.81. The van der Waals surface area contributed by atoms with E-state index in [9.17, 15) is 14.4 Å². The number of benzene rings is 2. The smallest absolute Gasteiger partial charge is 0.410 e. The second kappa shape index (κ2) is 11.6. The monoisotopic (exact) mass is 717 g/mol. The van der Waals surface area contributed by atoms with Gasteiger partial charge in [0.2, 0.25) is 5.88 Å². The molecule has 4 aromatic rings. The topological polar surface area (TPSA) is 143 Å². The lowest BCUT2D eigenvalue weighted by Crippen LogP contribution is -2.50. The average Bonchev–Trinajstić information content (AvgIpc) is 3.94. The summed E-state index contributed by atoms with van der Waals surface area (Å²) in [4.78, 5) is 28.6. The maximum Gasteiger partial charge on any atom is 0.410 e. The van der Waals surface area contributed by atoms with Gasteiger partial charge in [0.1, 0.15) is 52.7 Å². The van der Waals surface area contributed by atoms with Crippen LogP contribution in [0.1, 0.15) is 63.1 Å². The van der Waals surface area contributed by atoms with Gasteiger partial charge < -0.3 is 34.2 Å². The first-order valence-corrected chi connectivity index (χ1v) is 17.7. The Morgan fingerprint density at radius 3 is 2.67 bits per heavy atom. The number of ether oxygens (including phenoxy) is 3. The van der Waals surface area contributed by atoms with Crippen molar-refractivity contribution in [1.29, 1.82) is 5.26 Å². The van der Waals surface area contributed by atoms with E-state index in [1.807, 2.05) is 26.8 Å². The van der Waals surface area contributed by atoms with E-state index in [4.69, 9.17) is 29.3 Å². The van der Waals surface area contributed by atoms with Crippen molar-refractivity contribution in [3.8, 4) is 23.2 Å². The second-order valence-electron chi connectivity index (χ2n) is 15.6. The Kier molecular flexibility index (Phi) is 7.37. The zero-order chi connectivity index (χ0) is 36.3. The van der Waals surface area contributed by atoms with E-state index in [2.05, 4.69) is 14.8 Å². The number of nitrogen functional groups attached to an aromatic ring is 1. The molecule has 0 radical (unpaired) electrons. The fourth-order valence-electron chi connectivity index (χ4n) is 9.18. The molecule has 15 heteroatoms. The number of piperazine rings is 1. The number of amides is 1.